The van der Waals surface area contributed by atoms with Crippen molar-refractivity contribution in [3.8, 4) is 0 Å². The Bertz CT molecular complexity index is 128. The lowest BCUT2D eigenvalue weighted by Gasteiger charge is -2.02. The Kier molecular flexibility index (Phi) is 1.30. The summed E-state index contributed by atoms with van der Waals surface area (Å²) in [5.74, 6) is -0.336. The molecule has 0 bridgehead atoms. The molecule has 3 heteroatoms. The fraction of sp³-hybridized carbons (Fsp3) is 0.400. The molecule has 0 aromatic heterocycles. The van der Waals surface area contributed by atoms with E-state index in [9.17, 15) is 4.79 Å². The molecule has 0 aromatic rings. The van der Waals surface area contributed by atoms with Gasteiger partial charge in [0.1, 0.15) is 0 Å². The molecule has 0 aliphatic carbocycles. The number of rotatable bonds is 1. The normalized spacial score (nSPS) is 26.1. The van der Waals surface area contributed by atoms with E-state index in [1.54, 1.807) is 6.08 Å². The average molecular weight is 114 g/mol. The van der Waals surface area contributed by atoms with Gasteiger partial charge in [-0.15, -0.1) is 0 Å². The zero-order chi connectivity index (χ0) is 5.98. The van der Waals surface area contributed by atoms with Crippen molar-refractivity contribution in [3.05, 3.63) is 12.2 Å². The van der Waals surface area contributed by atoms with Gasteiger partial charge in [0.15, 0.2) is 0 Å². The van der Waals surface area contributed by atoms with Crippen LogP contribution in [0.5, 0.6) is 0 Å². The van der Waals surface area contributed by atoms with Gasteiger partial charge in [-0.05, 0) is 6.08 Å². The molecule has 0 radical (unpaired) electrons. The van der Waals surface area contributed by atoms with Crippen LogP contribution in [0.25, 0.3) is 0 Å². The van der Waals surface area contributed by atoms with Crippen LogP contribution in [-0.4, -0.2) is 19.4 Å². The third-order valence-electron chi connectivity index (χ3n) is 0.854. The third kappa shape index (κ3) is 0.869. The number of esters is 1. The molecule has 1 heterocycles. The molecule has 8 heavy (non-hydrogen) atoms. The number of hydrogen-bond donors (Lipinski definition) is 0. The monoisotopic (exact) mass is 114 g/mol. The maximum absolute atomic E-state index is 10.2. The first-order chi connectivity index (χ1) is 3.83. The van der Waals surface area contributed by atoms with Crippen molar-refractivity contribution in [2.45, 2.75) is 6.29 Å². The fourth-order valence-electron chi connectivity index (χ4n) is 0.477. The van der Waals surface area contributed by atoms with Crippen LogP contribution in [-0.2, 0) is 14.3 Å². The molecule has 0 amide bonds. The van der Waals surface area contributed by atoms with Gasteiger partial charge in [-0.2, -0.15) is 0 Å². The second-order valence-electron chi connectivity index (χ2n) is 1.40. The minimum atomic E-state index is -0.456. The van der Waals surface area contributed by atoms with Crippen molar-refractivity contribution in [1.29, 1.82) is 0 Å². The molecule has 0 aromatic carbocycles. The molecule has 1 aliphatic rings. The first-order valence-corrected chi connectivity index (χ1v) is 2.24. The first kappa shape index (κ1) is 5.31. The van der Waals surface area contributed by atoms with Crippen molar-refractivity contribution >= 4 is 5.97 Å². The number of carbonyl (C=O) groups excluding carboxylic acids is 1. The summed E-state index contributed by atoms with van der Waals surface area (Å²) in [7, 11) is 1.48. The molecule has 44 valence electrons. The Labute approximate surface area is 46.9 Å². The summed E-state index contributed by atoms with van der Waals surface area (Å²) < 4.78 is 9.19. The van der Waals surface area contributed by atoms with Crippen molar-refractivity contribution in [3.63, 3.8) is 0 Å². The van der Waals surface area contributed by atoms with E-state index in [0.29, 0.717) is 0 Å². The highest BCUT2D eigenvalue weighted by Gasteiger charge is 2.13. The molecule has 0 saturated carbocycles. The third-order valence-corrected chi connectivity index (χ3v) is 0.854. The molecule has 0 fully saturated rings. The van der Waals surface area contributed by atoms with Crippen LogP contribution in [0, 0.1) is 0 Å². The highest BCUT2D eigenvalue weighted by Crippen LogP contribution is 2.03. The molecule has 0 unspecified atom stereocenters. The lowest BCUT2D eigenvalue weighted by atomic mass is 10.5. The molecular formula is C5H6O3. The maximum atomic E-state index is 10.2. The van der Waals surface area contributed by atoms with Gasteiger partial charge in [-0.25, -0.2) is 4.79 Å². The van der Waals surface area contributed by atoms with E-state index in [4.69, 9.17) is 0 Å². The average Bonchev–Trinajstić information content (AvgIpc) is 2.14. The van der Waals surface area contributed by atoms with Crippen molar-refractivity contribution < 1.29 is 14.3 Å². The zero-order valence-electron chi connectivity index (χ0n) is 4.46. The van der Waals surface area contributed by atoms with Gasteiger partial charge in [-0.3, -0.25) is 0 Å². The van der Waals surface area contributed by atoms with Crippen LogP contribution in [0.15, 0.2) is 12.2 Å². The topological polar surface area (TPSA) is 35.5 Å². The SMILES string of the molecule is CO[C@H]1C=CC(=O)O1. The van der Waals surface area contributed by atoms with Gasteiger partial charge in [0.2, 0.25) is 6.29 Å². The summed E-state index contributed by atoms with van der Waals surface area (Å²) in [5.41, 5.74) is 0. The van der Waals surface area contributed by atoms with Crippen molar-refractivity contribution in [2.75, 3.05) is 7.11 Å². The highest BCUT2D eigenvalue weighted by atomic mass is 16.7. The number of cyclic esters (lactones) is 1. The van der Waals surface area contributed by atoms with Crippen LogP contribution in [0.4, 0.5) is 0 Å². The number of ether oxygens (including phenoxy) is 2. The number of carbonyl (C=O) groups is 1. The Morgan fingerprint density at radius 2 is 2.62 bits per heavy atom. The lowest BCUT2D eigenvalue weighted by molar-refractivity contribution is -0.154. The van der Waals surface area contributed by atoms with Crippen LogP contribution >= 0.6 is 0 Å². The molecule has 1 aliphatic heterocycles. The minimum Gasteiger partial charge on any atom is -0.429 e. The first-order valence-electron chi connectivity index (χ1n) is 2.24. The smallest absolute Gasteiger partial charge is 0.333 e. The largest absolute Gasteiger partial charge is 0.429 e. The van der Waals surface area contributed by atoms with E-state index in [2.05, 4.69) is 9.47 Å². The van der Waals surface area contributed by atoms with Gasteiger partial charge >= 0.3 is 5.97 Å². The van der Waals surface area contributed by atoms with Crippen LogP contribution in [0.2, 0.25) is 0 Å². The fourth-order valence-corrected chi connectivity index (χ4v) is 0.477. The molecule has 0 saturated heterocycles. The second-order valence-corrected chi connectivity index (χ2v) is 1.40. The van der Waals surface area contributed by atoms with Gasteiger partial charge in [0.05, 0.1) is 0 Å². The summed E-state index contributed by atoms with van der Waals surface area (Å²) in [6.45, 7) is 0. The van der Waals surface area contributed by atoms with Gasteiger partial charge in [0.25, 0.3) is 0 Å². The Hall–Kier alpha value is -0.830. The summed E-state index contributed by atoms with van der Waals surface area (Å²) in [5, 5.41) is 0. The van der Waals surface area contributed by atoms with Crippen LogP contribution in [0.1, 0.15) is 0 Å². The quantitative estimate of drug-likeness (QED) is 0.452. The number of hydrogen-bond acceptors (Lipinski definition) is 3. The van der Waals surface area contributed by atoms with Crippen molar-refractivity contribution in [1.82, 2.24) is 0 Å². The predicted molar refractivity (Wildman–Crippen MR) is 26.0 cm³/mol. The van der Waals surface area contributed by atoms with E-state index < -0.39 is 6.29 Å². The summed E-state index contributed by atoms with van der Waals surface area (Å²) in [4.78, 5) is 10.2. The van der Waals surface area contributed by atoms with E-state index in [1.165, 1.54) is 13.2 Å². The van der Waals surface area contributed by atoms with Crippen molar-refractivity contribution in [2.24, 2.45) is 0 Å². The van der Waals surface area contributed by atoms with Gasteiger partial charge in [0, 0.05) is 13.2 Å². The Morgan fingerprint density at radius 1 is 1.88 bits per heavy atom. The molecule has 1 rings (SSSR count). The zero-order valence-corrected chi connectivity index (χ0v) is 4.46. The van der Waals surface area contributed by atoms with Crippen LogP contribution < -0.4 is 0 Å². The summed E-state index contributed by atoms with van der Waals surface area (Å²) in [6, 6.07) is 0. The highest BCUT2D eigenvalue weighted by molar-refractivity contribution is 5.84. The van der Waals surface area contributed by atoms with Gasteiger partial charge in [-0.1, -0.05) is 0 Å². The van der Waals surface area contributed by atoms with Gasteiger partial charge < -0.3 is 9.47 Å². The summed E-state index contributed by atoms with van der Waals surface area (Å²) in [6.07, 6.45) is 2.44. The molecule has 1 atom stereocenters. The Morgan fingerprint density at radius 3 is 2.88 bits per heavy atom. The molecule has 3 nitrogen and oxygen atoms in total. The maximum Gasteiger partial charge on any atom is 0.333 e. The molecule has 0 spiro atoms. The summed E-state index contributed by atoms with van der Waals surface area (Å²) >= 11 is 0. The second kappa shape index (κ2) is 1.96. The number of methoxy groups -OCH3 is 1. The van der Waals surface area contributed by atoms with E-state index in [-0.39, 0.29) is 5.97 Å². The molecule has 0 N–H and O–H groups in total. The van der Waals surface area contributed by atoms with E-state index in [0.717, 1.165) is 0 Å². The predicted octanol–water partition coefficient (Wildman–Crippen LogP) is 0.0719. The Balaban J connectivity index is 2.46. The standard InChI is InChI=1S/C5H6O3/c1-7-5-3-2-4(6)8-5/h2-3,5H,1H3/t5-/m1/s1. The minimum absolute atomic E-state index is 0.336. The lowest BCUT2D eigenvalue weighted by Crippen LogP contribution is -2.08. The van der Waals surface area contributed by atoms with E-state index in [1.807, 2.05) is 0 Å². The van der Waals surface area contributed by atoms with Crippen LogP contribution in [0.3, 0.4) is 0 Å². The molecular weight excluding hydrogens is 108 g/mol. The van der Waals surface area contributed by atoms with E-state index >= 15 is 0 Å².